The van der Waals surface area contributed by atoms with Gasteiger partial charge in [0.25, 0.3) is 5.91 Å². The second-order valence-corrected chi connectivity index (χ2v) is 4.85. The molecule has 0 aliphatic carbocycles. The van der Waals surface area contributed by atoms with E-state index in [1.807, 2.05) is 24.3 Å². The summed E-state index contributed by atoms with van der Waals surface area (Å²) in [7, 11) is 1.76. The molecule has 0 saturated carbocycles. The number of benzene rings is 2. The lowest BCUT2D eigenvalue weighted by Gasteiger charge is -2.17. The standard InChI is InChI=1S/C15H15ClN2O/c1-18(10-11-4-2-6-13(16)8-11)15(19)12-5-3-7-14(17)9-12/h2-9H,10,17H2,1H3. The summed E-state index contributed by atoms with van der Waals surface area (Å²) in [6.07, 6.45) is 0. The molecule has 0 spiro atoms. The highest BCUT2D eigenvalue weighted by Crippen LogP contribution is 2.14. The Bertz CT molecular complexity index is 598. The quantitative estimate of drug-likeness (QED) is 0.874. The average molecular weight is 275 g/mol. The SMILES string of the molecule is CN(Cc1cccc(Cl)c1)C(=O)c1cccc(N)c1. The van der Waals surface area contributed by atoms with E-state index in [0.717, 1.165) is 5.56 Å². The van der Waals surface area contributed by atoms with Crippen molar-refractivity contribution < 1.29 is 4.79 Å². The van der Waals surface area contributed by atoms with Crippen LogP contribution in [0.15, 0.2) is 48.5 Å². The molecule has 98 valence electrons. The fourth-order valence-corrected chi connectivity index (χ4v) is 2.09. The zero-order chi connectivity index (χ0) is 13.8. The largest absolute Gasteiger partial charge is 0.399 e. The van der Waals surface area contributed by atoms with E-state index in [-0.39, 0.29) is 5.91 Å². The molecule has 19 heavy (non-hydrogen) atoms. The number of amides is 1. The predicted molar refractivity (Wildman–Crippen MR) is 78.1 cm³/mol. The summed E-state index contributed by atoms with van der Waals surface area (Å²) in [5.41, 5.74) is 7.85. The first-order valence-corrected chi connectivity index (χ1v) is 6.29. The van der Waals surface area contributed by atoms with E-state index in [9.17, 15) is 4.79 Å². The summed E-state index contributed by atoms with van der Waals surface area (Å²) in [6, 6.07) is 14.4. The van der Waals surface area contributed by atoms with Crippen LogP contribution in [0.25, 0.3) is 0 Å². The van der Waals surface area contributed by atoms with Crippen LogP contribution >= 0.6 is 11.6 Å². The van der Waals surface area contributed by atoms with Crippen molar-refractivity contribution >= 4 is 23.2 Å². The minimum atomic E-state index is -0.0627. The molecule has 0 atom stereocenters. The van der Waals surface area contributed by atoms with E-state index in [1.54, 1.807) is 36.2 Å². The highest BCUT2D eigenvalue weighted by atomic mass is 35.5. The predicted octanol–water partition coefficient (Wildman–Crippen LogP) is 3.19. The monoisotopic (exact) mass is 274 g/mol. The Morgan fingerprint density at radius 3 is 2.63 bits per heavy atom. The van der Waals surface area contributed by atoms with Gasteiger partial charge in [-0.05, 0) is 35.9 Å². The van der Waals surface area contributed by atoms with E-state index in [0.29, 0.717) is 22.8 Å². The molecule has 0 aromatic heterocycles. The van der Waals surface area contributed by atoms with Crippen LogP contribution in [0, 0.1) is 0 Å². The van der Waals surface area contributed by atoms with Crippen molar-refractivity contribution in [2.75, 3.05) is 12.8 Å². The third-order valence-electron chi connectivity index (χ3n) is 2.79. The van der Waals surface area contributed by atoms with Gasteiger partial charge >= 0.3 is 0 Å². The van der Waals surface area contributed by atoms with Crippen molar-refractivity contribution in [3.8, 4) is 0 Å². The first-order chi connectivity index (χ1) is 9.06. The lowest BCUT2D eigenvalue weighted by Crippen LogP contribution is -2.26. The average Bonchev–Trinajstić information content (AvgIpc) is 2.38. The molecule has 0 aliphatic rings. The summed E-state index contributed by atoms with van der Waals surface area (Å²) >= 11 is 5.93. The number of rotatable bonds is 3. The smallest absolute Gasteiger partial charge is 0.253 e. The van der Waals surface area contributed by atoms with E-state index in [1.165, 1.54) is 0 Å². The molecular formula is C15H15ClN2O. The molecule has 0 saturated heterocycles. The Morgan fingerprint density at radius 2 is 1.95 bits per heavy atom. The Hall–Kier alpha value is -2.00. The number of halogens is 1. The van der Waals surface area contributed by atoms with Crippen molar-refractivity contribution in [1.29, 1.82) is 0 Å². The van der Waals surface area contributed by atoms with Crippen LogP contribution < -0.4 is 5.73 Å². The Labute approximate surface area is 117 Å². The third-order valence-corrected chi connectivity index (χ3v) is 3.02. The molecule has 1 amide bonds. The van der Waals surface area contributed by atoms with Gasteiger partial charge in [-0.1, -0.05) is 29.8 Å². The van der Waals surface area contributed by atoms with Crippen LogP contribution in [0.1, 0.15) is 15.9 Å². The number of anilines is 1. The van der Waals surface area contributed by atoms with E-state index >= 15 is 0 Å². The minimum absolute atomic E-state index is 0.0627. The second kappa shape index (κ2) is 5.76. The Morgan fingerprint density at radius 1 is 1.21 bits per heavy atom. The van der Waals surface area contributed by atoms with Crippen molar-refractivity contribution in [3.05, 3.63) is 64.7 Å². The van der Waals surface area contributed by atoms with Crippen LogP contribution in [-0.4, -0.2) is 17.9 Å². The maximum atomic E-state index is 12.2. The Kier molecular flexibility index (Phi) is 4.07. The van der Waals surface area contributed by atoms with Gasteiger partial charge in [-0.2, -0.15) is 0 Å². The molecule has 3 nitrogen and oxygen atoms in total. The lowest BCUT2D eigenvalue weighted by molar-refractivity contribution is 0.0785. The van der Waals surface area contributed by atoms with Crippen molar-refractivity contribution in [2.24, 2.45) is 0 Å². The van der Waals surface area contributed by atoms with Gasteiger partial charge in [-0.25, -0.2) is 0 Å². The number of nitrogens with zero attached hydrogens (tertiary/aromatic N) is 1. The van der Waals surface area contributed by atoms with Gasteiger partial charge in [0.1, 0.15) is 0 Å². The fraction of sp³-hybridized carbons (Fsp3) is 0.133. The van der Waals surface area contributed by atoms with Crippen LogP contribution in [0.3, 0.4) is 0 Å². The molecule has 2 rings (SSSR count). The highest BCUT2D eigenvalue weighted by Gasteiger charge is 2.12. The van der Waals surface area contributed by atoms with Gasteiger partial charge in [0.2, 0.25) is 0 Å². The van der Waals surface area contributed by atoms with Crippen LogP contribution in [0.5, 0.6) is 0 Å². The van der Waals surface area contributed by atoms with Gasteiger partial charge in [-0.15, -0.1) is 0 Å². The van der Waals surface area contributed by atoms with Gasteiger partial charge in [-0.3, -0.25) is 4.79 Å². The fourth-order valence-electron chi connectivity index (χ4n) is 1.87. The molecule has 2 aromatic carbocycles. The van der Waals surface area contributed by atoms with E-state index in [4.69, 9.17) is 17.3 Å². The second-order valence-electron chi connectivity index (χ2n) is 4.42. The molecule has 4 heteroatoms. The van der Waals surface area contributed by atoms with E-state index < -0.39 is 0 Å². The number of hydrogen-bond acceptors (Lipinski definition) is 2. The van der Waals surface area contributed by atoms with E-state index in [2.05, 4.69) is 0 Å². The number of hydrogen-bond donors (Lipinski definition) is 1. The molecule has 2 aromatic rings. The highest BCUT2D eigenvalue weighted by molar-refractivity contribution is 6.30. The normalized spacial score (nSPS) is 10.2. The van der Waals surface area contributed by atoms with Gasteiger partial charge in [0.15, 0.2) is 0 Å². The van der Waals surface area contributed by atoms with Crippen LogP contribution in [0.2, 0.25) is 5.02 Å². The maximum absolute atomic E-state index is 12.2. The lowest BCUT2D eigenvalue weighted by atomic mass is 10.1. The van der Waals surface area contributed by atoms with Gasteiger partial charge in [0, 0.05) is 29.9 Å². The zero-order valence-corrected chi connectivity index (χ0v) is 11.4. The molecular weight excluding hydrogens is 260 g/mol. The van der Waals surface area contributed by atoms with Crippen molar-refractivity contribution in [2.45, 2.75) is 6.54 Å². The molecule has 2 N–H and O–H groups in total. The number of nitrogen functional groups attached to an aromatic ring is 1. The molecule has 0 aliphatic heterocycles. The van der Waals surface area contributed by atoms with Gasteiger partial charge in [0.05, 0.1) is 0 Å². The first-order valence-electron chi connectivity index (χ1n) is 5.92. The number of carbonyl (C=O) groups is 1. The summed E-state index contributed by atoms with van der Waals surface area (Å²) in [6.45, 7) is 0.508. The van der Waals surface area contributed by atoms with Crippen LogP contribution in [0.4, 0.5) is 5.69 Å². The Balaban J connectivity index is 2.12. The maximum Gasteiger partial charge on any atom is 0.253 e. The molecule has 0 bridgehead atoms. The minimum Gasteiger partial charge on any atom is -0.399 e. The zero-order valence-electron chi connectivity index (χ0n) is 10.6. The summed E-state index contributed by atoms with van der Waals surface area (Å²) in [5, 5.41) is 0.669. The first kappa shape index (κ1) is 13.4. The van der Waals surface area contributed by atoms with Crippen molar-refractivity contribution in [1.82, 2.24) is 4.90 Å². The molecule has 0 radical (unpaired) electrons. The van der Waals surface area contributed by atoms with Crippen molar-refractivity contribution in [3.63, 3.8) is 0 Å². The van der Waals surface area contributed by atoms with Gasteiger partial charge < -0.3 is 10.6 Å². The molecule has 0 fully saturated rings. The third kappa shape index (κ3) is 3.48. The van der Waals surface area contributed by atoms with Crippen LogP contribution in [-0.2, 0) is 6.54 Å². The topological polar surface area (TPSA) is 46.3 Å². The molecule has 0 heterocycles. The summed E-state index contributed by atoms with van der Waals surface area (Å²) in [4.78, 5) is 13.9. The molecule has 0 unspecified atom stereocenters. The summed E-state index contributed by atoms with van der Waals surface area (Å²) < 4.78 is 0. The number of nitrogens with two attached hydrogens (primary N) is 1. The number of carbonyl (C=O) groups excluding carboxylic acids is 1. The summed E-state index contributed by atoms with van der Waals surface area (Å²) in [5.74, 6) is -0.0627.